The lowest BCUT2D eigenvalue weighted by atomic mass is 10.1. The van der Waals surface area contributed by atoms with Crippen molar-refractivity contribution in [2.75, 3.05) is 30.4 Å². The van der Waals surface area contributed by atoms with E-state index in [-0.39, 0.29) is 46.4 Å². The van der Waals surface area contributed by atoms with Crippen molar-refractivity contribution in [1.29, 1.82) is 5.41 Å². The highest BCUT2D eigenvalue weighted by atomic mass is 35.5. The number of nitrogen functional groups attached to an aromatic ring is 1. The molecule has 2 aromatic carbocycles. The molecule has 0 radical (unpaired) electrons. The zero-order valence-electron chi connectivity index (χ0n) is 17.9. The summed E-state index contributed by atoms with van der Waals surface area (Å²) in [5.74, 6) is -3.64. The summed E-state index contributed by atoms with van der Waals surface area (Å²) < 4.78 is 0. The van der Waals surface area contributed by atoms with Gasteiger partial charge in [-0.1, -0.05) is 30.7 Å². The van der Waals surface area contributed by atoms with E-state index < -0.39 is 29.6 Å². The van der Waals surface area contributed by atoms with Crippen LogP contribution in [0.25, 0.3) is 0 Å². The van der Waals surface area contributed by atoms with Gasteiger partial charge in [-0.3, -0.25) is 24.6 Å². The minimum atomic E-state index is -1.10. The number of nitrogens with one attached hydrogen (secondary N) is 2. The number of hydrogen-bond acceptors (Lipinski definition) is 5. The monoisotopic (exact) mass is 471 g/mol. The van der Waals surface area contributed by atoms with Crippen molar-refractivity contribution in [3.8, 4) is 0 Å². The Morgan fingerprint density at radius 2 is 1.79 bits per heavy atom. The first-order chi connectivity index (χ1) is 15.5. The van der Waals surface area contributed by atoms with Crippen molar-refractivity contribution < 1.29 is 24.3 Å². The van der Waals surface area contributed by atoms with E-state index in [1.54, 1.807) is 0 Å². The smallest absolute Gasteiger partial charge is 0.308 e. The molecule has 33 heavy (non-hydrogen) atoms. The first kappa shape index (κ1) is 23.7. The molecule has 3 rings (SSSR count). The van der Waals surface area contributed by atoms with Crippen LogP contribution >= 0.6 is 11.6 Å². The van der Waals surface area contributed by atoms with Crippen LogP contribution in [0.4, 0.5) is 11.4 Å². The zero-order chi connectivity index (χ0) is 24.4. The van der Waals surface area contributed by atoms with Gasteiger partial charge in [0.2, 0.25) is 5.91 Å². The average molecular weight is 472 g/mol. The molecule has 0 unspecified atom stereocenters. The van der Waals surface area contributed by atoms with E-state index in [4.69, 9.17) is 22.7 Å². The molecule has 5 N–H and O–H groups in total. The minimum Gasteiger partial charge on any atom is -0.481 e. The van der Waals surface area contributed by atoms with Crippen LogP contribution in [0, 0.1) is 11.3 Å². The third-order valence-corrected chi connectivity index (χ3v) is 5.70. The summed E-state index contributed by atoms with van der Waals surface area (Å²) in [7, 11) is 1.49. The molecule has 172 valence electrons. The number of anilines is 2. The number of nitrogens with two attached hydrogens (primary N) is 1. The van der Waals surface area contributed by atoms with Crippen LogP contribution in [0.2, 0.25) is 5.02 Å². The van der Waals surface area contributed by atoms with Gasteiger partial charge in [0.15, 0.2) is 0 Å². The van der Waals surface area contributed by atoms with E-state index in [0.717, 1.165) is 4.90 Å². The molecule has 0 spiro atoms. The summed E-state index contributed by atoms with van der Waals surface area (Å²) in [5, 5.41) is 19.2. The van der Waals surface area contributed by atoms with E-state index in [1.807, 2.05) is 0 Å². The number of nitrogens with zero attached hydrogens (tertiary/aromatic N) is 2. The van der Waals surface area contributed by atoms with Gasteiger partial charge in [0, 0.05) is 24.7 Å². The van der Waals surface area contributed by atoms with Crippen LogP contribution in [0.3, 0.4) is 0 Å². The van der Waals surface area contributed by atoms with Crippen LogP contribution in [0.1, 0.15) is 33.2 Å². The second kappa shape index (κ2) is 9.29. The van der Waals surface area contributed by atoms with Gasteiger partial charge in [0.05, 0.1) is 27.9 Å². The molecular formula is C22H22ClN5O5. The SMILES string of the molecule is C[C@@H](CN1CC(=O)N(C)c2ccc(NC(=O)c3ccc(C(=N)N)cc3)c(Cl)c2C1=O)C(=O)O. The van der Waals surface area contributed by atoms with Gasteiger partial charge in [0.1, 0.15) is 12.4 Å². The second-order valence-electron chi connectivity index (χ2n) is 7.64. The topological polar surface area (TPSA) is 157 Å². The van der Waals surface area contributed by atoms with E-state index >= 15 is 0 Å². The number of amides is 3. The fraction of sp³-hybridized carbons (Fsp3) is 0.227. The number of fused-ring (bicyclic) bond motifs is 1. The number of likely N-dealkylation sites (N-methyl/N-ethyl adjacent to an activating group) is 1. The largest absolute Gasteiger partial charge is 0.481 e. The summed E-state index contributed by atoms with van der Waals surface area (Å²) in [5.41, 5.74) is 6.56. The van der Waals surface area contributed by atoms with Gasteiger partial charge < -0.3 is 26.0 Å². The molecule has 3 amide bonds. The molecule has 10 nitrogen and oxygen atoms in total. The molecule has 1 heterocycles. The standard InChI is InChI=1S/C22H22ClN5O5/c1-11(22(32)33)9-28-10-16(29)27(2)15-8-7-14(18(23)17(15)21(28)31)26-20(30)13-5-3-12(4-6-13)19(24)25/h3-8,11H,9-10H2,1-2H3,(H3,24,25)(H,26,30)(H,32,33)/t11-/m0/s1. The molecular weight excluding hydrogens is 450 g/mol. The molecule has 0 bridgehead atoms. The minimum absolute atomic E-state index is 0.00710. The number of hydrogen-bond donors (Lipinski definition) is 4. The highest BCUT2D eigenvalue weighted by Crippen LogP contribution is 2.36. The molecule has 0 saturated carbocycles. The van der Waals surface area contributed by atoms with Crippen LogP contribution in [-0.4, -0.2) is 59.7 Å². The first-order valence-corrected chi connectivity index (χ1v) is 10.3. The van der Waals surface area contributed by atoms with Crippen LogP contribution in [0.5, 0.6) is 0 Å². The van der Waals surface area contributed by atoms with E-state index in [2.05, 4.69) is 5.32 Å². The van der Waals surface area contributed by atoms with E-state index in [0.29, 0.717) is 5.56 Å². The quantitative estimate of drug-likeness (QED) is 0.373. The van der Waals surface area contributed by atoms with Gasteiger partial charge >= 0.3 is 5.97 Å². The third-order valence-electron chi connectivity index (χ3n) is 5.30. The number of carboxylic acid groups (broad SMARTS) is 1. The van der Waals surface area contributed by atoms with Gasteiger partial charge in [0.25, 0.3) is 11.8 Å². The lowest BCUT2D eigenvalue weighted by molar-refractivity contribution is -0.141. The lowest BCUT2D eigenvalue weighted by Crippen LogP contribution is -2.41. The van der Waals surface area contributed by atoms with Crippen LogP contribution in [0.15, 0.2) is 36.4 Å². The Kier molecular flexibility index (Phi) is 6.68. The normalized spacial score (nSPS) is 14.4. The van der Waals surface area contributed by atoms with Crippen molar-refractivity contribution >= 4 is 52.5 Å². The summed E-state index contributed by atoms with van der Waals surface area (Å²) in [6, 6.07) is 9.03. The van der Waals surface area contributed by atoms with E-state index in [1.165, 1.54) is 55.3 Å². The maximum absolute atomic E-state index is 13.2. The summed E-state index contributed by atoms with van der Waals surface area (Å²) in [6.07, 6.45) is 0. The van der Waals surface area contributed by atoms with Crippen LogP contribution < -0.4 is 16.0 Å². The highest BCUT2D eigenvalue weighted by Gasteiger charge is 2.34. The van der Waals surface area contributed by atoms with Crippen molar-refractivity contribution in [3.63, 3.8) is 0 Å². The molecule has 11 heteroatoms. The fourth-order valence-corrected chi connectivity index (χ4v) is 3.62. The summed E-state index contributed by atoms with van der Waals surface area (Å²) in [4.78, 5) is 52.2. The first-order valence-electron chi connectivity index (χ1n) is 9.88. The van der Waals surface area contributed by atoms with Gasteiger partial charge in [-0.15, -0.1) is 0 Å². The Labute approximate surface area is 194 Å². The number of benzene rings is 2. The molecule has 2 aromatic rings. The van der Waals surface area contributed by atoms with Gasteiger partial charge in [-0.05, 0) is 24.3 Å². The summed E-state index contributed by atoms with van der Waals surface area (Å²) in [6.45, 7) is 0.954. The van der Waals surface area contributed by atoms with Crippen molar-refractivity contribution in [2.24, 2.45) is 11.7 Å². The van der Waals surface area contributed by atoms with E-state index in [9.17, 15) is 24.3 Å². The van der Waals surface area contributed by atoms with Crippen molar-refractivity contribution in [2.45, 2.75) is 6.92 Å². The molecule has 1 atom stereocenters. The molecule has 0 saturated heterocycles. The predicted octanol–water partition coefficient (Wildman–Crippen LogP) is 2.02. The lowest BCUT2D eigenvalue weighted by Gasteiger charge is -2.22. The van der Waals surface area contributed by atoms with Crippen molar-refractivity contribution in [1.82, 2.24) is 4.90 Å². The molecule has 0 fully saturated rings. The Balaban J connectivity index is 1.95. The number of rotatable bonds is 6. The number of halogens is 1. The zero-order valence-corrected chi connectivity index (χ0v) is 18.6. The molecule has 0 aromatic heterocycles. The molecule has 1 aliphatic heterocycles. The molecule has 0 aliphatic carbocycles. The second-order valence-corrected chi connectivity index (χ2v) is 8.02. The number of aliphatic carboxylic acids is 1. The Bertz CT molecular complexity index is 1160. The number of carbonyl (C=O) groups excluding carboxylic acids is 3. The highest BCUT2D eigenvalue weighted by molar-refractivity contribution is 6.38. The predicted molar refractivity (Wildman–Crippen MR) is 123 cm³/mol. The van der Waals surface area contributed by atoms with Crippen molar-refractivity contribution in [3.05, 3.63) is 58.1 Å². The Morgan fingerprint density at radius 3 is 2.36 bits per heavy atom. The van der Waals surface area contributed by atoms with Gasteiger partial charge in [-0.2, -0.15) is 0 Å². The number of carboxylic acids is 1. The Morgan fingerprint density at radius 1 is 1.18 bits per heavy atom. The summed E-state index contributed by atoms with van der Waals surface area (Å²) >= 11 is 6.51. The number of carbonyl (C=O) groups is 4. The number of amidine groups is 1. The maximum atomic E-state index is 13.2. The fourth-order valence-electron chi connectivity index (χ4n) is 3.33. The Hall–Kier alpha value is -3.92. The van der Waals surface area contributed by atoms with Crippen LogP contribution in [-0.2, 0) is 9.59 Å². The average Bonchev–Trinajstić information content (AvgIpc) is 2.86. The van der Waals surface area contributed by atoms with Gasteiger partial charge in [-0.25, -0.2) is 0 Å². The maximum Gasteiger partial charge on any atom is 0.308 e. The third kappa shape index (κ3) is 4.80. The molecule has 1 aliphatic rings.